The van der Waals surface area contributed by atoms with Gasteiger partial charge in [-0.15, -0.1) is 0 Å². The third-order valence-electron chi connectivity index (χ3n) is 8.49. The van der Waals surface area contributed by atoms with E-state index in [1.165, 1.54) is 10.4 Å². The summed E-state index contributed by atoms with van der Waals surface area (Å²) in [6.07, 6.45) is 4.36. The molecule has 0 aliphatic carbocycles. The van der Waals surface area contributed by atoms with Crippen molar-refractivity contribution in [3.05, 3.63) is 96.6 Å². The van der Waals surface area contributed by atoms with E-state index in [4.69, 9.17) is 13.9 Å². The standard InChI is InChI=1S/C40H59NO5Si/c1-8-19-35(44-31-32-20-12-9-13-21-32)30-34(42)23-18-22-33(41-38(43)46-39(2,3)4)28-29-45-47(40(5,6)7,36-24-14-10-15-25-36)37-26-16-11-17-27-37/h9-17,20-21,24-27,33-35,42H,8,18-19,22-23,28-31H2,1-7H3,(H,41,43)/t33-,34-,35-/m0/s1. The van der Waals surface area contributed by atoms with Crippen LogP contribution in [0.25, 0.3) is 0 Å². The molecule has 3 atom stereocenters. The van der Waals surface area contributed by atoms with Crippen molar-refractivity contribution < 1.29 is 23.8 Å². The van der Waals surface area contributed by atoms with E-state index in [0.29, 0.717) is 38.9 Å². The van der Waals surface area contributed by atoms with Gasteiger partial charge in [-0.1, -0.05) is 125 Å². The van der Waals surface area contributed by atoms with Crippen LogP contribution in [-0.2, 0) is 20.5 Å². The number of hydrogen-bond acceptors (Lipinski definition) is 5. The zero-order valence-corrected chi connectivity index (χ0v) is 30.8. The van der Waals surface area contributed by atoms with Crippen LogP contribution < -0.4 is 15.7 Å². The summed E-state index contributed by atoms with van der Waals surface area (Å²) in [6.45, 7) is 15.6. The molecule has 0 fully saturated rings. The quantitative estimate of drug-likeness (QED) is 0.135. The summed E-state index contributed by atoms with van der Waals surface area (Å²) in [4.78, 5) is 12.9. The highest BCUT2D eigenvalue weighted by molar-refractivity contribution is 6.99. The number of ether oxygens (including phenoxy) is 2. The topological polar surface area (TPSA) is 77.0 Å². The Morgan fingerprint density at radius 2 is 1.34 bits per heavy atom. The normalized spacial score (nSPS) is 14.3. The second-order valence-electron chi connectivity index (χ2n) is 14.7. The van der Waals surface area contributed by atoms with Gasteiger partial charge in [0.25, 0.3) is 8.32 Å². The maximum atomic E-state index is 12.9. The van der Waals surface area contributed by atoms with Crippen LogP contribution in [0.4, 0.5) is 4.79 Å². The minimum Gasteiger partial charge on any atom is -0.444 e. The fraction of sp³-hybridized carbons (Fsp3) is 0.525. The Bertz CT molecular complexity index is 1250. The zero-order chi connectivity index (χ0) is 34.3. The van der Waals surface area contributed by atoms with Gasteiger partial charge in [-0.25, -0.2) is 4.79 Å². The minimum absolute atomic E-state index is 0.00532. The molecular weight excluding hydrogens is 603 g/mol. The summed E-state index contributed by atoms with van der Waals surface area (Å²) in [5.41, 5.74) is 0.545. The van der Waals surface area contributed by atoms with Crippen molar-refractivity contribution in [3.63, 3.8) is 0 Å². The lowest BCUT2D eigenvalue weighted by Gasteiger charge is -2.43. The summed E-state index contributed by atoms with van der Waals surface area (Å²) in [6, 6.07) is 31.2. The Morgan fingerprint density at radius 3 is 1.85 bits per heavy atom. The number of rotatable bonds is 18. The van der Waals surface area contributed by atoms with Crippen LogP contribution >= 0.6 is 0 Å². The van der Waals surface area contributed by atoms with E-state index in [-0.39, 0.29) is 17.2 Å². The van der Waals surface area contributed by atoms with Crippen LogP contribution in [0.5, 0.6) is 0 Å². The largest absolute Gasteiger partial charge is 0.444 e. The minimum atomic E-state index is -2.70. The molecule has 3 aromatic rings. The van der Waals surface area contributed by atoms with Gasteiger partial charge in [-0.3, -0.25) is 0 Å². The van der Waals surface area contributed by atoms with Gasteiger partial charge >= 0.3 is 6.09 Å². The highest BCUT2D eigenvalue weighted by Crippen LogP contribution is 2.37. The van der Waals surface area contributed by atoms with Crippen LogP contribution in [0, 0.1) is 0 Å². The lowest BCUT2D eigenvalue weighted by Crippen LogP contribution is -2.66. The van der Waals surface area contributed by atoms with Crippen LogP contribution in [-0.4, -0.2) is 50.0 Å². The van der Waals surface area contributed by atoms with Crippen LogP contribution in [0.2, 0.25) is 5.04 Å². The molecule has 47 heavy (non-hydrogen) atoms. The molecule has 0 unspecified atom stereocenters. The van der Waals surface area contributed by atoms with Crippen molar-refractivity contribution in [2.45, 2.75) is 129 Å². The smallest absolute Gasteiger partial charge is 0.407 e. The molecular formula is C40H59NO5Si. The summed E-state index contributed by atoms with van der Waals surface area (Å²) in [5.74, 6) is 0. The highest BCUT2D eigenvalue weighted by atomic mass is 28.4. The Balaban J connectivity index is 1.68. The Labute approximate surface area is 285 Å². The summed E-state index contributed by atoms with van der Waals surface area (Å²) in [7, 11) is -2.70. The Kier molecular flexibility index (Phi) is 15.2. The second kappa shape index (κ2) is 18.5. The Hall–Kier alpha value is -2.97. The molecule has 0 spiro atoms. The van der Waals surface area contributed by atoms with Crippen LogP contribution in [0.3, 0.4) is 0 Å². The molecule has 0 saturated heterocycles. The SMILES string of the molecule is CCC[C@@H](C[C@@H](O)CCC[C@@H](CCO[Si](c1ccccc1)(c1ccccc1)C(C)(C)C)NC(=O)OC(C)(C)C)OCc1ccccc1. The monoisotopic (exact) mass is 661 g/mol. The van der Waals surface area contributed by atoms with Gasteiger partial charge in [0.2, 0.25) is 0 Å². The molecule has 0 aliphatic heterocycles. The molecule has 2 N–H and O–H groups in total. The summed E-state index contributed by atoms with van der Waals surface area (Å²) < 4.78 is 19.0. The first-order valence-corrected chi connectivity index (χ1v) is 19.3. The average molecular weight is 662 g/mol. The predicted octanol–water partition coefficient (Wildman–Crippen LogP) is 8.15. The molecule has 1 amide bonds. The van der Waals surface area contributed by atoms with E-state index in [1.54, 1.807) is 0 Å². The average Bonchev–Trinajstić information content (AvgIpc) is 3.02. The molecule has 258 valence electrons. The van der Waals surface area contributed by atoms with Crippen molar-refractivity contribution >= 4 is 24.8 Å². The first kappa shape index (κ1) is 38.5. The summed E-state index contributed by atoms with van der Waals surface area (Å²) in [5, 5.41) is 16.5. The van der Waals surface area contributed by atoms with E-state index < -0.39 is 26.1 Å². The van der Waals surface area contributed by atoms with Crippen molar-refractivity contribution in [1.29, 1.82) is 0 Å². The van der Waals surface area contributed by atoms with Gasteiger partial charge in [-0.2, -0.15) is 0 Å². The molecule has 0 bridgehead atoms. The summed E-state index contributed by atoms with van der Waals surface area (Å²) >= 11 is 0. The zero-order valence-electron chi connectivity index (χ0n) is 29.8. The Morgan fingerprint density at radius 1 is 0.787 bits per heavy atom. The fourth-order valence-corrected chi connectivity index (χ4v) is 10.9. The molecule has 7 heteroatoms. The number of alkyl carbamates (subject to hydrolysis) is 1. The molecule has 3 rings (SSSR count). The van der Waals surface area contributed by atoms with Crippen LogP contribution in [0.15, 0.2) is 91.0 Å². The molecule has 0 saturated carbocycles. The van der Waals surface area contributed by atoms with Crippen molar-refractivity contribution in [3.8, 4) is 0 Å². The molecule has 6 nitrogen and oxygen atoms in total. The molecule has 0 radical (unpaired) electrons. The van der Waals surface area contributed by atoms with Gasteiger partial charge in [0.05, 0.1) is 18.8 Å². The number of amides is 1. The third-order valence-corrected chi connectivity index (χ3v) is 13.5. The van der Waals surface area contributed by atoms with Crippen molar-refractivity contribution in [2.75, 3.05) is 6.61 Å². The van der Waals surface area contributed by atoms with Gasteiger partial charge < -0.3 is 24.3 Å². The van der Waals surface area contributed by atoms with E-state index in [2.05, 4.69) is 93.7 Å². The van der Waals surface area contributed by atoms with E-state index in [9.17, 15) is 9.90 Å². The molecule has 0 heterocycles. The van der Waals surface area contributed by atoms with Gasteiger partial charge in [0, 0.05) is 12.6 Å². The molecule has 0 aliphatic rings. The van der Waals surface area contributed by atoms with Crippen molar-refractivity contribution in [1.82, 2.24) is 5.32 Å². The maximum absolute atomic E-state index is 12.9. The molecule has 0 aromatic heterocycles. The van der Waals surface area contributed by atoms with Gasteiger partial charge in [-0.05, 0) is 80.3 Å². The number of aliphatic hydroxyl groups excluding tert-OH is 1. The number of aliphatic hydroxyl groups is 1. The number of carbonyl (C=O) groups excluding carboxylic acids is 1. The number of carbonyl (C=O) groups is 1. The van der Waals surface area contributed by atoms with E-state index in [0.717, 1.165) is 24.8 Å². The van der Waals surface area contributed by atoms with Crippen LogP contribution in [0.1, 0.15) is 99.0 Å². The maximum Gasteiger partial charge on any atom is 0.407 e. The number of benzene rings is 3. The lowest BCUT2D eigenvalue weighted by atomic mass is 10.00. The van der Waals surface area contributed by atoms with E-state index >= 15 is 0 Å². The lowest BCUT2D eigenvalue weighted by molar-refractivity contribution is -0.00322. The number of hydrogen-bond donors (Lipinski definition) is 2. The fourth-order valence-electron chi connectivity index (χ4n) is 6.28. The molecule has 3 aromatic carbocycles. The van der Waals surface area contributed by atoms with Gasteiger partial charge in [0.15, 0.2) is 0 Å². The third kappa shape index (κ3) is 12.5. The number of nitrogens with one attached hydrogen (secondary N) is 1. The second-order valence-corrected chi connectivity index (χ2v) is 19.0. The first-order valence-electron chi connectivity index (χ1n) is 17.4. The van der Waals surface area contributed by atoms with E-state index in [1.807, 2.05) is 51.1 Å². The van der Waals surface area contributed by atoms with Gasteiger partial charge in [0.1, 0.15) is 5.60 Å². The van der Waals surface area contributed by atoms with Crippen molar-refractivity contribution in [2.24, 2.45) is 0 Å². The predicted molar refractivity (Wildman–Crippen MR) is 196 cm³/mol. The highest BCUT2D eigenvalue weighted by Gasteiger charge is 2.50. The first-order chi connectivity index (χ1) is 22.3.